The SMILES string of the molecule is CC(C)(C)CC(CCC(C)(C)[C@H]1CN(C(=O)O)C(C)(C)C1)COS(C)(=O)=O. The molecule has 0 saturated carbocycles. The largest absolute Gasteiger partial charge is 0.465 e. The first kappa shape index (κ1) is 24.2. The third-order valence-electron chi connectivity index (χ3n) is 5.83. The molecule has 160 valence electrons. The Morgan fingerprint density at radius 2 is 1.81 bits per heavy atom. The lowest BCUT2D eigenvalue weighted by Gasteiger charge is -2.34. The highest BCUT2D eigenvalue weighted by molar-refractivity contribution is 7.85. The van der Waals surface area contributed by atoms with Crippen molar-refractivity contribution in [1.82, 2.24) is 4.90 Å². The van der Waals surface area contributed by atoms with E-state index < -0.39 is 16.2 Å². The minimum atomic E-state index is -3.45. The molecule has 1 fully saturated rings. The molecule has 1 rings (SSSR count). The Balaban J connectivity index is 2.78. The molecule has 1 N–H and O–H groups in total. The van der Waals surface area contributed by atoms with Gasteiger partial charge in [0.05, 0.1) is 12.9 Å². The fraction of sp³-hybridized carbons (Fsp3) is 0.950. The van der Waals surface area contributed by atoms with E-state index in [1.165, 1.54) is 0 Å². The average molecular weight is 406 g/mol. The van der Waals surface area contributed by atoms with Crippen molar-refractivity contribution < 1.29 is 22.5 Å². The van der Waals surface area contributed by atoms with Crippen molar-refractivity contribution >= 4 is 16.2 Å². The number of hydrogen-bond acceptors (Lipinski definition) is 4. The van der Waals surface area contributed by atoms with Crippen LogP contribution in [0.25, 0.3) is 0 Å². The van der Waals surface area contributed by atoms with Crippen molar-refractivity contribution in [2.75, 3.05) is 19.4 Å². The molecule has 0 aromatic rings. The molecular formula is C20H39NO5S. The van der Waals surface area contributed by atoms with Crippen LogP contribution in [0, 0.1) is 22.7 Å². The highest BCUT2D eigenvalue weighted by Crippen LogP contribution is 2.45. The quantitative estimate of drug-likeness (QED) is 0.597. The smallest absolute Gasteiger partial charge is 0.407 e. The molecule has 1 aliphatic rings. The number of hydrogen-bond donors (Lipinski definition) is 1. The summed E-state index contributed by atoms with van der Waals surface area (Å²) in [5, 5.41) is 9.48. The van der Waals surface area contributed by atoms with Crippen LogP contribution in [-0.4, -0.2) is 49.5 Å². The fourth-order valence-corrected chi connectivity index (χ4v) is 4.66. The zero-order chi connectivity index (χ0) is 21.3. The van der Waals surface area contributed by atoms with Crippen LogP contribution in [0.2, 0.25) is 0 Å². The van der Waals surface area contributed by atoms with Gasteiger partial charge in [-0.15, -0.1) is 0 Å². The van der Waals surface area contributed by atoms with Crippen molar-refractivity contribution in [3.8, 4) is 0 Å². The fourth-order valence-electron chi connectivity index (χ4n) is 4.22. The highest BCUT2D eigenvalue weighted by atomic mass is 32.2. The van der Waals surface area contributed by atoms with Gasteiger partial charge in [0.2, 0.25) is 0 Å². The van der Waals surface area contributed by atoms with E-state index in [1.807, 2.05) is 13.8 Å². The second-order valence-electron chi connectivity index (χ2n) is 10.8. The Bertz CT molecular complexity index is 619. The third kappa shape index (κ3) is 7.98. The molecule has 2 atom stereocenters. The molecule has 1 amide bonds. The Hall–Kier alpha value is -0.820. The molecule has 0 radical (unpaired) electrons. The van der Waals surface area contributed by atoms with E-state index in [4.69, 9.17) is 4.18 Å². The normalized spacial score (nSPS) is 22.1. The molecular weight excluding hydrogens is 366 g/mol. The van der Waals surface area contributed by atoms with Crippen molar-refractivity contribution in [1.29, 1.82) is 0 Å². The van der Waals surface area contributed by atoms with Gasteiger partial charge in [-0.2, -0.15) is 8.42 Å². The van der Waals surface area contributed by atoms with Crippen molar-refractivity contribution in [3.05, 3.63) is 0 Å². The molecule has 6 nitrogen and oxygen atoms in total. The van der Waals surface area contributed by atoms with Gasteiger partial charge < -0.3 is 10.0 Å². The maximum Gasteiger partial charge on any atom is 0.407 e. The van der Waals surface area contributed by atoms with Crippen LogP contribution in [0.15, 0.2) is 0 Å². The van der Waals surface area contributed by atoms with Gasteiger partial charge in [-0.05, 0) is 62.2 Å². The van der Waals surface area contributed by atoms with Gasteiger partial charge in [0.15, 0.2) is 0 Å². The minimum Gasteiger partial charge on any atom is -0.465 e. The number of carbonyl (C=O) groups is 1. The lowest BCUT2D eigenvalue weighted by molar-refractivity contribution is 0.114. The zero-order valence-electron chi connectivity index (χ0n) is 18.3. The average Bonchev–Trinajstić information content (AvgIpc) is 2.76. The van der Waals surface area contributed by atoms with Gasteiger partial charge in [0, 0.05) is 12.1 Å². The summed E-state index contributed by atoms with van der Waals surface area (Å²) in [5.41, 5.74) is -0.286. The van der Waals surface area contributed by atoms with Gasteiger partial charge >= 0.3 is 6.09 Å². The Morgan fingerprint density at radius 3 is 2.22 bits per heavy atom. The second-order valence-corrected chi connectivity index (χ2v) is 12.4. The topological polar surface area (TPSA) is 83.9 Å². The summed E-state index contributed by atoms with van der Waals surface area (Å²) in [5.74, 6) is 0.443. The minimum absolute atomic E-state index is 0.0251. The summed E-state index contributed by atoms with van der Waals surface area (Å²) in [4.78, 5) is 13.1. The molecule has 0 aromatic heterocycles. The molecule has 1 aliphatic heterocycles. The molecule has 0 aliphatic carbocycles. The Kier molecular flexibility index (Phi) is 7.42. The first-order valence-electron chi connectivity index (χ1n) is 9.78. The van der Waals surface area contributed by atoms with Crippen LogP contribution < -0.4 is 0 Å². The highest BCUT2D eigenvalue weighted by Gasteiger charge is 2.46. The van der Waals surface area contributed by atoms with E-state index in [9.17, 15) is 18.3 Å². The second kappa shape index (κ2) is 8.27. The van der Waals surface area contributed by atoms with Gasteiger partial charge in [-0.25, -0.2) is 4.79 Å². The molecule has 7 heteroatoms. The van der Waals surface area contributed by atoms with Gasteiger partial charge in [0.1, 0.15) is 0 Å². The predicted octanol–water partition coefficient (Wildman–Crippen LogP) is 4.60. The maximum absolute atomic E-state index is 11.5. The lowest BCUT2D eigenvalue weighted by atomic mass is 9.71. The zero-order valence-corrected chi connectivity index (χ0v) is 19.1. The molecule has 27 heavy (non-hydrogen) atoms. The molecule has 1 saturated heterocycles. The molecule has 0 spiro atoms. The van der Waals surface area contributed by atoms with Crippen LogP contribution in [0.1, 0.15) is 74.1 Å². The van der Waals surface area contributed by atoms with Crippen LogP contribution in [0.4, 0.5) is 4.79 Å². The summed E-state index contributed by atoms with van der Waals surface area (Å²) < 4.78 is 27.9. The number of carboxylic acid groups (broad SMARTS) is 1. The lowest BCUT2D eigenvalue weighted by Crippen LogP contribution is -2.41. The Labute approximate surface area is 165 Å². The van der Waals surface area contributed by atoms with Gasteiger partial charge in [-0.3, -0.25) is 4.18 Å². The van der Waals surface area contributed by atoms with Crippen molar-refractivity contribution in [2.24, 2.45) is 22.7 Å². The van der Waals surface area contributed by atoms with Crippen LogP contribution in [0.3, 0.4) is 0 Å². The molecule has 0 bridgehead atoms. The number of rotatable bonds is 8. The van der Waals surface area contributed by atoms with E-state index in [2.05, 4.69) is 34.6 Å². The van der Waals surface area contributed by atoms with Crippen molar-refractivity contribution in [2.45, 2.75) is 79.7 Å². The molecule has 1 heterocycles. The van der Waals surface area contributed by atoms with Gasteiger partial charge in [-0.1, -0.05) is 34.6 Å². The van der Waals surface area contributed by atoms with Gasteiger partial charge in [0.25, 0.3) is 10.1 Å². The van der Waals surface area contributed by atoms with Crippen LogP contribution in [0.5, 0.6) is 0 Å². The van der Waals surface area contributed by atoms with E-state index in [0.29, 0.717) is 6.54 Å². The van der Waals surface area contributed by atoms with Crippen molar-refractivity contribution in [3.63, 3.8) is 0 Å². The molecule has 0 aromatic carbocycles. The monoisotopic (exact) mass is 405 g/mol. The first-order chi connectivity index (χ1) is 11.9. The summed E-state index contributed by atoms with van der Waals surface area (Å²) in [6.07, 6.45) is 3.74. The predicted molar refractivity (Wildman–Crippen MR) is 108 cm³/mol. The summed E-state index contributed by atoms with van der Waals surface area (Å²) >= 11 is 0. The van der Waals surface area contributed by atoms with Crippen LogP contribution >= 0.6 is 0 Å². The summed E-state index contributed by atoms with van der Waals surface area (Å²) in [7, 11) is -3.45. The summed E-state index contributed by atoms with van der Waals surface area (Å²) in [6, 6.07) is 0. The molecule has 1 unspecified atom stereocenters. The third-order valence-corrected chi connectivity index (χ3v) is 6.40. The maximum atomic E-state index is 11.5. The first-order valence-corrected chi connectivity index (χ1v) is 11.6. The van der Waals surface area contributed by atoms with Crippen LogP contribution in [-0.2, 0) is 14.3 Å². The Morgan fingerprint density at radius 1 is 1.26 bits per heavy atom. The standard InChI is InChI=1S/C20H39NO5S/c1-18(2,3)11-15(14-26-27(8,24)25)9-10-19(4,5)16-12-20(6,7)21(13-16)17(22)23/h15-16H,9-14H2,1-8H3,(H,22,23)/t15?,16-/m1/s1. The number of nitrogens with zero attached hydrogens (tertiary/aromatic N) is 1. The van der Waals surface area contributed by atoms with E-state index >= 15 is 0 Å². The number of likely N-dealkylation sites (tertiary alicyclic amines) is 1. The number of amides is 1. The summed E-state index contributed by atoms with van der Waals surface area (Å²) in [6.45, 7) is 15.6. The van der Waals surface area contributed by atoms with E-state index in [0.717, 1.165) is 31.9 Å². The van der Waals surface area contributed by atoms with E-state index in [1.54, 1.807) is 4.90 Å². The van der Waals surface area contributed by atoms with E-state index in [-0.39, 0.29) is 34.8 Å².